The molecule has 1 unspecified atom stereocenters. The van der Waals surface area contributed by atoms with Crippen molar-refractivity contribution < 1.29 is 8.82 Å². The highest BCUT2D eigenvalue weighted by Crippen LogP contribution is 2.27. The number of nitrogens with one attached hydrogen (secondary N) is 1. The lowest BCUT2D eigenvalue weighted by Gasteiger charge is -2.25. The highest BCUT2D eigenvalue weighted by Gasteiger charge is 2.25. The molecule has 0 aliphatic carbocycles. The summed E-state index contributed by atoms with van der Waals surface area (Å²) in [5.41, 5.74) is 6.49. The first-order chi connectivity index (χ1) is 6.41. The van der Waals surface area contributed by atoms with E-state index in [2.05, 4.69) is 37.3 Å². The Balaban J connectivity index is 3.97. The van der Waals surface area contributed by atoms with Gasteiger partial charge in [-0.05, 0) is 11.6 Å². The lowest BCUT2D eigenvalue weighted by atomic mass is 10.3. The molecule has 0 spiro atoms. The van der Waals surface area contributed by atoms with Gasteiger partial charge in [0.25, 0.3) is 0 Å². The van der Waals surface area contributed by atoms with Crippen LogP contribution in [-0.2, 0) is 4.43 Å². The molecule has 0 aromatic heterocycles. The summed E-state index contributed by atoms with van der Waals surface area (Å²) in [7, 11) is -1.32. The van der Waals surface area contributed by atoms with Crippen molar-refractivity contribution in [1.29, 1.82) is 5.53 Å². The van der Waals surface area contributed by atoms with Gasteiger partial charge in [-0.25, -0.2) is 4.39 Å². The Bertz CT molecular complexity index is 213. The Kier molecular flexibility index (Phi) is 5.76. The van der Waals surface area contributed by atoms with Crippen LogP contribution in [0.25, 0.3) is 0 Å². The van der Waals surface area contributed by atoms with Gasteiger partial charge in [0.2, 0.25) is 4.91 Å². The first-order valence-electron chi connectivity index (χ1n) is 4.66. The molecule has 0 amide bonds. The molecule has 0 aromatic carbocycles. The maximum atomic E-state index is 12.3. The Labute approximate surface area is 85.8 Å². The summed E-state index contributed by atoms with van der Waals surface area (Å²) >= 11 is 0. The third kappa shape index (κ3) is 5.21. The van der Waals surface area contributed by atoms with E-state index in [1.807, 2.05) is 0 Å². The molecule has 0 bridgehead atoms. The van der Waals surface area contributed by atoms with Crippen molar-refractivity contribution in [2.75, 3.05) is 13.3 Å². The quantitative estimate of drug-likeness (QED) is 0.430. The molecular weight excluding hydrogens is 201 g/mol. The van der Waals surface area contributed by atoms with E-state index in [1.165, 1.54) is 0 Å². The number of hydrogen-bond donors (Lipinski definition) is 1. The average Bonchev–Trinajstić information content (AvgIpc) is 2.10. The molecule has 2 atom stereocenters. The van der Waals surface area contributed by atoms with Crippen molar-refractivity contribution in [3.63, 3.8) is 0 Å². The van der Waals surface area contributed by atoms with Crippen LogP contribution in [0.1, 0.15) is 20.8 Å². The topological polar surface area (TPSA) is 59.5 Å². The maximum absolute atomic E-state index is 12.3. The van der Waals surface area contributed by atoms with Gasteiger partial charge in [0.1, 0.15) is 17.3 Å². The lowest BCUT2D eigenvalue weighted by Crippen LogP contribution is -2.30. The summed E-state index contributed by atoms with van der Waals surface area (Å²) in [4.78, 5) is 2.82. The number of halogens is 1. The van der Waals surface area contributed by atoms with E-state index < -0.39 is 21.8 Å². The molecule has 0 aromatic rings. The van der Waals surface area contributed by atoms with E-state index in [0.717, 1.165) is 0 Å². The second-order valence-electron chi connectivity index (χ2n) is 4.37. The minimum atomic E-state index is -1.32. The van der Waals surface area contributed by atoms with E-state index in [9.17, 15) is 4.39 Å². The fraction of sp³-hybridized carbons (Fsp3) is 1.00. The molecule has 0 rings (SSSR count). The zero-order valence-corrected chi connectivity index (χ0v) is 10.4. The van der Waals surface area contributed by atoms with Crippen LogP contribution in [0, 0.1) is 5.53 Å². The molecule has 0 heterocycles. The molecule has 4 nitrogen and oxygen atoms in total. The van der Waals surface area contributed by atoms with Crippen molar-refractivity contribution in [1.82, 2.24) is 4.91 Å². The number of rotatable bonds is 5. The van der Waals surface area contributed by atoms with Gasteiger partial charge < -0.3 is 4.43 Å². The monoisotopic (exact) mass is 220 g/mol. The van der Waals surface area contributed by atoms with Crippen LogP contribution < -0.4 is 4.91 Å². The Hall–Kier alpha value is -0.583. The first-order valence-corrected chi connectivity index (χ1v) is 6.86. The molecule has 0 radical (unpaired) electrons. The molecule has 0 fully saturated rings. The van der Waals surface area contributed by atoms with Gasteiger partial charge in [0.15, 0.2) is 15.1 Å². The van der Waals surface area contributed by atoms with E-state index in [-0.39, 0.29) is 11.6 Å². The lowest BCUT2D eigenvalue weighted by molar-refractivity contribution is 0.249. The van der Waals surface area contributed by atoms with Gasteiger partial charge in [-0.15, -0.1) is 0 Å². The number of alkyl halides is 1. The van der Waals surface area contributed by atoms with Gasteiger partial charge in [0, 0.05) is 0 Å². The third-order valence-electron chi connectivity index (χ3n) is 2.16. The predicted molar refractivity (Wildman–Crippen MR) is 55.7 cm³/mol. The van der Waals surface area contributed by atoms with Crippen LogP contribution in [0.15, 0.2) is 5.11 Å². The van der Waals surface area contributed by atoms with Crippen LogP contribution in [0.4, 0.5) is 4.39 Å². The molecular formula is C8H19FN3OSi+. The highest BCUT2D eigenvalue weighted by atomic mass is 28.3. The predicted octanol–water partition coefficient (Wildman–Crippen LogP) is 2.05. The van der Waals surface area contributed by atoms with Crippen LogP contribution in [0.3, 0.4) is 0 Å². The van der Waals surface area contributed by atoms with Crippen LogP contribution >= 0.6 is 0 Å². The Morgan fingerprint density at radius 2 is 2.14 bits per heavy atom. The van der Waals surface area contributed by atoms with Crippen LogP contribution in [-0.4, -0.2) is 28.4 Å². The second kappa shape index (κ2) is 6.01. The molecule has 14 heavy (non-hydrogen) atoms. The van der Waals surface area contributed by atoms with Crippen LogP contribution in [0.2, 0.25) is 11.6 Å². The summed E-state index contributed by atoms with van der Waals surface area (Å²) in [6.45, 7) is 8.03. The van der Waals surface area contributed by atoms with Crippen molar-refractivity contribution in [2.45, 2.75) is 38.4 Å². The van der Waals surface area contributed by atoms with Crippen molar-refractivity contribution in [3.8, 4) is 0 Å². The zero-order valence-electron chi connectivity index (χ0n) is 9.25. The summed E-state index contributed by atoms with van der Waals surface area (Å²) in [5.74, 6) is 0. The van der Waals surface area contributed by atoms with Crippen LogP contribution in [0.5, 0.6) is 0 Å². The highest BCUT2D eigenvalue weighted by molar-refractivity contribution is 6.53. The molecule has 1 N–H and O–H groups in total. The standard InChI is InChI=1S/C8H19FN3OSi/c1-8(2,3)14(4)13-6-7(5-9)11-12-10/h7,10,14H,5-6H2,1-4H3/q+1/t7-,14?/m1/s1. The first kappa shape index (κ1) is 13.4. The Morgan fingerprint density at radius 1 is 1.57 bits per heavy atom. The zero-order chi connectivity index (χ0) is 11.2. The normalized spacial score (nSPS) is 15.8. The van der Waals surface area contributed by atoms with Gasteiger partial charge in [-0.1, -0.05) is 20.8 Å². The smallest absolute Gasteiger partial charge is 0.214 e. The number of hydrogen-bond acceptors (Lipinski definition) is 3. The van der Waals surface area contributed by atoms with E-state index >= 15 is 0 Å². The van der Waals surface area contributed by atoms with Gasteiger partial charge >= 0.3 is 0 Å². The molecule has 0 aliphatic rings. The SMILES string of the molecule is C[SiH](OC[C@@H](CF)N=[N+]=N)C(C)(C)C. The fourth-order valence-corrected chi connectivity index (χ4v) is 1.71. The van der Waals surface area contributed by atoms with Crippen molar-refractivity contribution >= 4 is 9.04 Å². The second-order valence-corrected chi connectivity index (χ2v) is 7.72. The largest absolute Gasteiger partial charge is 0.417 e. The summed E-state index contributed by atoms with van der Waals surface area (Å²) in [6.07, 6.45) is 0. The Morgan fingerprint density at radius 3 is 2.50 bits per heavy atom. The number of nitrogens with zero attached hydrogens (tertiary/aromatic N) is 2. The molecule has 82 valence electrons. The van der Waals surface area contributed by atoms with Crippen molar-refractivity contribution in [3.05, 3.63) is 0 Å². The molecule has 6 heteroatoms. The summed E-state index contributed by atoms with van der Waals surface area (Å²) in [6, 6.07) is -0.607. The summed E-state index contributed by atoms with van der Waals surface area (Å²) in [5, 5.41) is 3.58. The average molecular weight is 220 g/mol. The molecule has 0 saturated carbocycles. The van der Waals surface area contributed by atoms with E-state index in [1.54, 1.807) is 0 Å². The maximum Gasteiger partial charge on any atom is 0.214 e. The minimum absolute atomic E-state index is 0.166. The van der Waals surface area contributed by atoms with Gasteiger partial charge in [-0.2, -0.15) is 0 Å². The van der Waals surface area contributed by atoms with Gasteiger partial charge in [-0.3, -0.25) is 0 Å². The minimum Gasteiger partial charge on any atom is -0.417 e. The van der Waals surface area contributed by atoms with E-state index in [4.69, 9.17) is 9.96 Å². The van der Waals surface area contributed by atoms with E-state index in [0.29, 0.717) is 0 Å². The molecule has 0 aliphatic heterocycles. The third-order valence-corrected chi connectivity index (χ3v) is 5.29. The fourth-order valence-electron chi connectivity index (χ4n) is 0.696. The van der Waals surface area contributed by atoms with Gasteiger partial charge in [0.05, 0.1) is 6.61 Å². The van der Waals surface area contributed by atoms with Crippen molar-refractivity contribution in [2.24, 2.45) is 5.11 Å². The summed E-state index contributed by atoms with van der Waals surface area (Å²) < 4.78 is 17.9. The molecule has 0 saturated heterocycles.